The number of ether oxygens (including phenoxy) is 1. The fraction of sp³-hybridized carbons (Fsp3) is 0.246. The number of aromatic carboxylic acids is 2. The number of rotatable bonds is 22. The van der Waals surface area contributed by atoms with E-state index in [0.717, 1.165) is 38.0 Å². The zero-order valence-corrected chi connectivity index (χ0v) is 53.4. The third-order valence-electron chi connectivity index (χ3n) is 14.5. The molecule has 0 fully saturated rings. The molecule has 10 aromatic rings. The SMILES string of the molecule is CCOC(=O)c1ccc2c(c1)c(CP(=O)(OCC)OCC)cn2C.CCOP(=O)(OCC)C(C(=O)Nc1ccc2ccccc2c1)c1cn(C)c2ccc(C(=O)O)cc12.Cn1cc(C(C(=O)Nc2ccc3ccccc3c2)P(=O)(O)O)c2cc(C(=O)O)ccc21. The summed E-state index contributed by atoms with van der Waals surface area (Å²) < 4.78 is 71.5. The van der Waals surface area contributed by atoms with Crippen LogP contribution in [0.3, 0.4) is 0 Å². The molecule has 7 aromatic carbocycles. The number of anilines is 2. The highest BCUT2D eigenvalue weighted by atomic mass is 31.2. The van der Waals surface area contributed by atoms with Gasteiger partial charge in [-0.05, 0) is 141 Å². The molecular weight excluding hydrogens is 1220 g/mol. The van der Waals surface area contributed by atoms with Crippen molar-refractivity contribution in [1.82, 2.24) is 13.7 Å². The van der Waals surface area contributed by atoms with E-state index in [-0.39, 0.29) is 42.0 Å². The zero-order chi connectivity index (χ0) is 65.2. The summed E-state index contributed by atoms with van der Waals surface area (Å²) in [7, 11) is -6.81. The smallest absolute Gasteiger partial charge is 0.347 e. The van der Waals surface area contributed by atoms with Crippen LogP contribution in [0.2, 0.25) is 0 Å². The molecule has 90 heavy (non-hydrogen) atoms. The predicted molar refractivity (Wildman–Crippen MR) is 347 cm³/mol. The monoisotopic (exact) mass is 1290 g/mol. The van der Waals surface area contributed by atoms with Crippen LogP contribution in [0.4, 0.5) is 11.4 Å². The maximum absolute atomic E-state index is 14.0. The first-order chi connectivity index (χ1) is 42.9. The standard InChI is InChI=1S/C26H27N2O6P.C22H19N2O6P.C17H24NO5P/c1-4-33-35(32,34-5-2)24(22-16-28(3)23-13-11-19(26(30)31)15-21(22)23)25(29)27-20-12-10-17-8-6-7-9-18(17)14-20;1-24-12-18(17-11-15(22(26)27)7-9-19(17)24)20(31(28,29)30)21(25)23-16-8-6-13-4-2-3-5-14(13)10-16;1-5-21-17(19)13-8-9-16-15(10-13)14(11-18(16)4)12-24(20,22-6-2)23-7-3/h6-16,24H,4-5H2,1-3H3,(H,27,29)(H,30,31);2-12,20H,1H3,(H,23,25)(H,26,27)(H2,28,29,30);8-11H,5-7,12H2,1-4H3. The maximum Gasteiger partial charge on any atom is 0.347 e. The Morgan fingerprint density at radius 1 is 0.467 bits per heavy atom. The molecule has 0 spiro atoms. The first-order valence-electron chi connectivity index (χ1n) is 28.7. The van der Waals surface area contributed by atoms with Crippen LogP contribution in [-0.2, 0) is 73.4 Å². The van der Waals surface area contributed by atoms with Crippen molar-refractivity contribution in [2.75, 3.05) is 43.7 Å². The molecular formula is C65H70N5O17P3. The highest BCUT2D eigenvalue weighted by Gasteiger charge is 2.44. The normalized spacial score (nSPS) is 12.5. The lowest BCUT2D eigenvalue weighted by Crippen LogP contribution is -2.23. The molecule has 10 rings (SSSR count). The number of carboxylic acids is 2. The average molecular weight is 1290 g/mol. The lowest BCUT2D eigenvalue weighted by Gasteiger charge is -2.25. The molecule has 0 aliphatic carbocycles. The first kappa shape index (κ1) is 67.4. The van der Waals surface area contributed by atoms with Gasteiger partial charge in [-0.2, -0.15) is 0 Å². The lowest BCUT2D eigenvalue weighted by molar-refractivity contribution is -0.117. The predicted octanol–water partition coefficient (Wildman–Crippen LogP) is 14.0. The number of carbonyl (C=O) groups excluding carboxylic acids is 3. The molecule has 0 saturated carbocycles. The third-order valence-corrected chi connectivity index (χ3v) is 20.1. The molecule has 3 aromatic heterocycles. The van der Waals surface area contributed by atoms with Crippen LogP contribution < -0.4 is 10.6 Å². The molecule has 0 saturated heterocycles. The van der Waals surface area contributed by atoms with E-state index in [1.54, 1.807) is 113 Å². The Balaban J connectivity index is 0.000000177. The van der Waals surface area contributed by atoms with Crippen molar-refractivity contribution < 1.29 is 80.5 Å². The summed E-state index contributed by atoms with van der Waals surface area (Å²) >= 11 is 0. The molecule has 0 aliphatic heterocycles. The number of hydrogen-bond donors (Lipinski definition) is 6. The second kappa shape index (κ2) is 29.0. The number of aryl methyl sites for hydroxylation is 3. The van der Waals surface area contributed by atoms with Crippen molar-refractivity contribution in [3.05, 3.63) is 191 Å². The molecule has 25 heteroatoms. The highest BCUT2D eigenvalue weighted by Crippen LogP contribution is 2.62. The van der Waals surface area contributed by atoms with Gasteiger partial charge in [0.2, 0.25) is 11.8 Å². The van der Waals surface area contributed by atoms with Gasteiger partial charge >= 0.3 is 40.7 Å². The van der Waals surface area contributed by atoms with Crippen LogP contribution in [0, 0.1) is 0 Å². The highest BCUT2D eigenvalue weighted by molar-refractivity contribution is 7.55. The topological polar surface area (TPSA) is 302 Å². The van der Waals surface area contributed by atoms with Crippen LogP contribution in [0.25, 0.3) is 54.3 Å². The molecule has 0 bridgehead atoms. The average Bonchev–Trinajstić information content (AvgIpc) is 1.61. The van der Waals surface area contributed by atoms with Crippen LogP contribution in [0.5, 0.6) is 0 Å². The number of fused-ring (bicyclic) bond motifs is 5. The minimum absolute atomic E-state index is 0.0423. The number of carboxylic acid groups (broad SMARTS) is 2. The van der Waals surface area contributed by atoms with Crippen molar-refractivity contribution in [1.29, 1.82) is 0 Å². The second-order valence-corrected chi connectivity index (χ2v) is 26.5. The number of nitrogens with zero attached hydrogens (tertiary/aromatic N) is 3. The van der Waals surface area contributed by atoms with E-state index in [0.29, 0.717) is 64.1 Å². The lowest BCUT2D eigenvalue weighted by atomic mass is 10.1. The number of hydrogen-bond acceptors (Lipinski definition) is 13. The number of nitrogens with one attached hydrogen (secondary N) is 2. The summed E-state index contributed by atoms with van der Waals surface area (Å²) in [6.45, 7) is 9.79. The van der Waals surface area contributed by atoms with Crippen molar-refractivity contribution in [2.24, 2.45) is 21.1 Å². The largest absolute Gasteiger partial charge is 0.478 e. The van der Waals surface area contributed by atoms with Gasteiger partial charge in [0.05, 0.1) is 55.9 Å². The Bertz CT molecular complexity index is 4470. The molecule has 3 heterocycles. The summed E-state index contributed by atoms with van der Waals surface area (Å²) in [4.78, 5) is 81.8. The molecule has 0 aliphatic rings. The van der Waals surface area contributed by atoms with Gasteiger partial charge in [0.15, 0.2) is 11.3 Å². The molecule has 22 nitrogen and oxygen atoms in total. The Kier molecular flexibility index (Phi) is 21.7. The first-order valence-corrected chi connectivity index (χ1v) is 33.7. The maximum atomic E-state index is 14.0. The van der Waals surface area contributed by atoms with Crippen molar-refractivity contribution in [3.8, 4) is 0 Å². The quantitative estimate of drug-likeness (QED) is 0.0271. The van der Waals surface area contributed by atoms with Gasteiger partial charge in [-0.1, -0.05) is 60.7 Å². The van der Waals surface area contributed by atoms with Crippen molar-refractivity contribution in [3.63, 3.8) is 0 Å². The number of amides is 2. The number of aromatic nitrogens is 3. The summed E-state index contributed by atoms with van der Waals surface area (Å²) in [5.41, 5.74) is 1.74. The van der Waals surface area contributed by atoms with Gasteiger partial charge in [-0.15, -0.1) is 0 Å². The third kappa shape index (κ3) is 15.4. The van der Waals surface area contributed by atoms with Crippen LogP contribution in [-0.4, -0.2) is 96.5 Å². The van der Waals surface area contributed by atoms with Gasteiger partial charge in [-0.3, -0.25) is 23.3 Å². The van der Waals surface area contributed by atoms with Crippen molar-refractivity contribution >= 4 is 118 Å². The van der Waals surface area contributed by atoms with Crippen LogP contribution >= 0.6 is 22.8 Å². The van der Waals surface area contributed by atoms with E-state index in [2.05, 4.69) is 10.6 Å². The van der Waals surface area contributed by atoms with E-state index >= 15 is 0 Å². The molecule has 472 valence electrons. The minimum Gasteiger partial charge on any atom is -0.478 e. The van der Waals surface area contributed by atoms with Gasteiger partial charge in [0.1, 0.15) is 0 Å². The summed E-state index contributed by atoms with van der Waals surface area (Å²) in [6, 6.07) is 40.2. The number of carbonyl (C=O) groups is 5. The molecule has 2 unspecified atom stereocenters. The van der Waals surface area contributed by atoms with Gasteiger partial charge in [0.25, 0.3) is 0 Å². The Morgan fingerprint density at radius 3 is 1.30 bits per heavy atom. The van der Waals surface area contributed by atoms with Gasteiger partial charge in [-0.25, -0.2) is 14.4 Å². The van der Waals surface area contributed by atoms with E-state index in [4.69, 9.17) is 22.8 Å². The summed E-state index contributed by atoms with van der Waals surface area (Å²) in [6.07, 6.45) is 5.17. The molecule has 0 radical (unpaired) electrons. The summed E-state index contributed by atoms with van der Waals surface area (Å²) in [5.74, 6) is -4.09. The number of benzene rings is 7. The Hall–Kier alpha value is -8.52. The van der Waals surface area contributed by atoms with E-state index < -0.39 is 57.9 Å². The van der Waals surface area contributed by atoms with Gasteiger partial charge in [0, 0.05) is 94.9 Å². The minimum atomic E-state index is -4.94. The number of esters is 1. The fourth-order valence-corrected chi connectivity index (χ4v) is 15.3. The van der Waals surface area contributed by atoms with Crippen LogP contribution in [0.15, 0.2) is 158 Å². The van der Waals surface area contributed by atoms with E-state index in [1.165, 1.54) is 30.5 Å². The van der Waals surface area contributed by atoms with Gasteiger partial charge < -0.3 is 67.2 Å². The molecule has 6 N–H and O–H groups in total. The summed E-state index contributed by atoms with van der Waals surface area (Å²) in [5, 5.41) is 29.7. The Labute approximate surface area is 518 Å². The van der Waals surface area contributed by atoms with E-state index in [1.807, 2.05) is 84.5 Å². The molecule has 2 amide bonds. The van der Waals surface area contributed by atoms with Crippen LogP contribution in [0.1, 0.15) is 93.7 Å². The van der Waals surface area contributed by atoms with E-state index in [9.17, 15) is 57.7 Å². The molecule has 2 atom stereocenters. The Morgan fingerprint density at radius 2 is 0.867 bits per heavy atom. The fourth-order valence-electron chi connectivity index (χ4n) is 10.7. The second-order valence-electron chi connectivity index (χ2n) is 20.7. The zero-order valence-electron chi connectivity index (χ0n) is 50.7. The van der Waals surface area contributed by atoms with Crippen molar-refractivity contribution in [2.45, 2.75) is 52.1 Å².